The number of nitrogens with one attached hydrogen (secondary N) is 1. The molecule has 0 bridgehead atoms. The maximum atomic E-state index is 5.95. The van der Waals surface area contributed by atoms with Gasteiger partial charge in [-0.2, -0.15) is 0 Å². The molecule has 0 fully saturated rings. The summed E-state index contributed by atoms with van der Waals surface area (Å²) in [5.74, 6) is 0. The smallest absolute Gasteiger partial charge is 0.137 e. The van der Waals surface area contributed by atoms with E-state index in [0.29, 0.717) is 5.02 Å². The van der Waals surface area contributed by atoms with E-state index in [0.717, 1.165) is 24.4 Å². The zero-order valence-corrected chi connectivity index (χ0v) is 11.1. The molecule has 2 heterocycles. The van der Waals surface area contributed by atoms with Crippen LogP contribution in [0.1, 0.15) is 11.3 Å². The van der Waals surface area contributed by atoms with Gasteiger partial charge in [0, 0.05) is 25.5 Å². The van der Waals surface area contributed by atoms with Crippen molar-refractivity contribution >= 4 is 17.2 Å². The molecular weight excluding hydrogens is 258 g/mol. The zero-order valence-electron chi connectivity index (χ0n) is 10.4. The highest BCUT2D eigenvalue weighted by molar-refractivity contribution is 6.30. The van der Waals surface area contributed by atoms with E-state index < -0.39 is 0 Å². The molecule has 3 aromatic rings. The minimum absolute atomic E-state index is 0.716. The van der Waals surface area contributed by atoms with Crippen LogP contribution >= 0.6 is 11.6 Å². The quantitative estimate of drug-likeness (QED) is 0.789. The largest absolute Gasteiger partial charge is 0.307 e. The first-order valence-corrected chi connectivity index (χ1v) is 6.57. The molecule has 0 unspecified atom stereocenters. The molecular formula is C15H14ClN3. The molecule has 4 heteroatoms. The molecule has 0 saturated heterocycles. The Hall–Kier alpha value is -1.84. The van der Waals surface area contributed by atoms with Gasteiger partial charge in [-0.3, -0.25) is 0 Å². The SMILES string of the molecule is Clc1ccc2nc(CNCc3ccccc3)cn2c1. The predicted molar refractivity (Wildman–Crippen MR) is 77.2 cm³/mol. The summed E-state index contributed by atoms with van der Waals surface area (Å²) in [4.78, 5) is 4.53. The van der Waals surface area contributed by atoms with Gasteiger partial charge >= 0.3 is 0 Å². The lowest BCUT2D eigenvalue weighted by atomic mass is 10.2. The second-order valence-electron chi connectivity index (χ2n) is 4.43. The molecule has 0 amide bonds. The molecule has 96 valence electrons. The first kappa shape index (κ1) is 12.2. The van der Waals surface area contributed by atoms with Crippen molar-refractivity contribution in [1.82, 2.24) is 14.7 Å². The molecule has 2 aromatic heterocycles. The normalized spacial score (nSPS) is 11.0. The lowest BCUT2D eigenvalue weighted by Crippen LogP contribution is -2.12. The Balaban J connectivity index is 1.65. The lowest BCUT2D eigenvalue weighted by Gasteiger charge is -2.02. The minimum atomic E-state index is 0.716. The third kappa shape index (κ3) is 2.95. The number of pyridine rings is 1. The Morgan fingerprint density at radius 2 is 1.84 bits per heavy atom. The summed E-state index contributed by atoms with van der Waals surface area (Å²) < 4.78 is 1.95. The van der Waals surface area contributed by atoms with Gasteiger partial charge in [-0.05, 0) is 17.7 Å². The van der Waals surface area contributed by atoms with Gasteiger partial charge in [-0.1, -0.05) is 41.9 Å². The van der Waals surface area contributed by atoms with Crippen LogP contribution in [0.25, 0.3) is 5.65 Å². The van der Waals surface area contributed by atoms with Crippen LogP contribution in [0, 0.1) is 0 Å². The number of aromatic nitrogens is 2. The zero-order chi connectivity index (χ0) is 13.1. The van der Waals surface area contributed by atoms with Crippen molar-refractivity contribution in [1.29, 1.82) is 0 Å². The average molecular weight is 272 g/mol. The molecule has 0 aliphatic heterocycles. The van der Waals surface area contributed by atoms with E-state index in [1.807, 2.05) is 47.1 Å². The summed E-state index contributed by atoms with van der Waals surface area (Å²) in [6.45, 7) is 1.59. The summed E-state index contributed by atoms with van der Waals surface area (Å²) in [6.07, 6.45) is 3.86. The van der Waals surface area contributed by atoms with Crippen molar-refractivity contribution in [2.75, 3.05) is 0 Å². The number of hydrogen-bond acceptors (Lipinski definition) is 2. The summed E-state index contributed by atoms with van der Waals surface area (Å²) in [6, 6.07) is 14.1. The molecule has 0 saturated carbocycles. The first-order valence-electron chi connectivity index (χ1n) is 6.19. The standard InChI is InChI=1S/C15H14ClN3/c16-13-6-7-15-18-14(11-19(15)10-13)9-17-8-12-4-2-1-3-5-12/h1-7,10-11,17H,8-9H2. The predicted octanol–water partition coefficient (Wildman–Crippen LogP) is 3.28. The van der Waals surface area contributed by atoms with E-state index in [2.05, 4.69) is 22.4 Å². The van der Waals surface area contributed by atoms with E-state index in [9.17, 15) is 0 Å². The van der Waals surface area contributed by atoms with Crippen molar-refractivity contribution in [2.45, 2.75) is 13.1 Å². The third-order valence-corrected chi connectivity index (χ3v) is 3.17. The Morgan fingerprint density at radius 3 is 2.68 bits per heavy atom. The van der Waals surface area contributed by atoms with Gasteiger partial charge in [0.25, 0.3) is 0 Å². The van der Waals surface area contributed by atoms with Crippen molar-refractivity contribution in [3.8, 4) is 0 Å². The first-order chi connectivity index (χ1) is 9.31. The summed E-state index contributed by atoms with van der Waals surface area (Å²) in [5.41, 5.74) is 3.20. The average Bonchev–Trinajstić information content (AvgIpc) is 2.82. The fourth-order valence-electron chi connectivity index (χ4n) is 2.03. The van der Waals surface area contributed by atoms with Gasteiger partial charge in [0.15, 0.2) is 0 Å². The maximum absolute atomic E-state index is 5.95. The van der Waals surface area contributed by atoms with Gasteiger partial charge < -0.3 is 9.72 Å². The highest BCUT2D eigenvalue weighted by Gasteiger charge is 2.01. The summed E-state index contributed by atoms with van der Waals surface area (Å²) in [7, 11) is 0. The van der Waals surface area contributed by atoms with E-state index in [1.54, 1.807) is 0 Å². The number of imidazole rings is 1. The number of halogens is 1. The van der Waals surface area contributed by atoms with Crippen LogP contribution in [0.4, 0.5) is 0 Å². The Bertz CT molecular complexity index is 676. The van der Waals surface area contributed by atoms with Crippen molar-refractivity contribution in [3.05, 3.63) is 71.1 Å². The number of hydrogen-bond donors (Lipinski definition) is 1. The van der Waals surface area contributed by atoms with Gasteiger partial charge in [0.1, 0.15) is 5.65 Å². The third-order valence-electron chi connectivity index (χ3n) is 2.94. The van der Waals surface area contributed by atoms with Crippen LogP contribution in [-0.2, 0) is 13.1 Å². The molecule has 0 aliphatic rings. The highest BCUT2D eigenvalue weighted by atomic mass is 35.5. The van der Waals surface area contributed by atoms with Gasteiger partial charge in [-0.25, -0.2) is 4.98 Å². The molecule has 0 spiro atoms. The maximum Gasteiger partial charge on any atom is 0.137 e. The Labute approximate surface area is 116 Å². The number of nitrogens with zero attached hydrogens (tertiary/aromatic N) is 2. The van der Waals surface area contributed by atoms with Crippen LogP contribution in [0.2, 0.25) is 5.02 Å². The monoisotopic (exact) mass is 271 g/mol. The van der Waals surface area contributed by atoms with Crippen LogP contribution < -0.4 is 5.32 Å². The molecule has 1 aromatic carbocycles. The Morgan fingerprint density at radius 1 is 1.00 bits per heavy atom. The summed E-state index contributed by atoms with van der Waals surface area (Å²) >= 11 is 5.95. The molecule has 1 N–H and O–H groups in total. The van der Waals surface area contributed by atoms with Gasteiger partial charge in [0.2, 0.25) is 0 Å². The van der Waals surface area contributed by atoms with E-state index in [-0.39, 0.29) is 0 Å². The topological polar surface area (TPSA) is 29.3 Å². The fourth-order valence-corrected chi connectivity index (χ4v) is 2.20. The van der Waals surface area contributed by atoms with Crippen LogP contribution in [0.5, 0.6) is 0 Å². The van der Waals surface area contributed by atoms with E-state index >= 15 is 0 Å². The molecule has 19 heavy (non-hydrogen) atoms. The molecule has 0 atom stereocenters. The number of fused-ring (bicyclic) bond motifs is 1. The number of rotatable bonds is 4. The van der Waals surface area contributed by atoms with Gasteiger partial charge in [0.05, 0.1) is 10.7 Å². The van der Waals surface area contributed by atoms with Crippen molar-refractivity contribution in [2.24, 2.45) is 0 Å². The van der Waals surface area contributed by atoms with Gasteiger partial charge in [-0.15, -0.1) is 0 Å². The van der Waals surface area contributed by atoms with E-state index in [4.69, 9.17) is 11.6 Å². The molecule has 0 aliphatic carbocycles. The van der Waals surface area contributed by atoms with Crippen molar-refractivity contribution in [3.63, 3.8) is 0 Å². The highest BCUT2D eigenvalue weighted by Crippen LogP contribution is 2.11. The van der Waals surface area contributed by atoms with Crippen LogP contribution in [0.15, 0.2) is 54.9 Å². The second-order valence-corrected chi connectivity index (χ2v) is 4.87. The summed E-state index contributed by atoms with van der Waals surface area (Å²) in [5, 5.41) is 4.10. The molecule has 3 nitrogen and oxygen atoms in total. The minimum Gasteiger partial charge on any atom is -0.307 e. The van der Waals surface area contributed by atoms with Crippen LogP contribution in [-0.4, -0.2) is 9.38 Å². The van der Waals surface area contributed by atoms with E-state index in [1.165, 1.54) is 5.56 Å². The lowest BCUT2D eigenvalue weighted by molar-refractivity contribution is 0.683. The molecule has 3 rings (SSSR count). The van der Waals surface area contributed by atoms with Crippen LogP contribution in [0.3, 0.4) is 0 Å². The fraction of sp³-hybridized carbons (Fsp3) is 0.133. The Kier molecular flexibility index (Phi) is 3.49. The second kappa shape index (κ2) is 5.43. The van der Waals surface area contributed by atoms with Crippen molar-refractivity contribution < 1.29 is 0 Å². The number of benzene rings is 1. The molecule has 0 radical (unpaired) electrons.